The molecule has 4 aromatic rings. The van der Waals surface area contributed by atoms with Gasteiger partial charge in [-0.2, -0.15) is 5.10 Å². The Labute approximate surface area is 244 Å². The molecule has 1 aromatic heterocycles. The van der Waals surface area contributed by atoms with E-state index in [4.69, 9.17) is 9.47 Å². The number of morpholine rings is 2. The van der Waals surface area contributed by atoms with Crippen molar-refractivity contribution in [1.29, 1.82) is 0 Å². The molecule has 3 heterocycles. The summed E-state index contributed by atoms with van der Waals surface area (Å²) in [6.45, 7) is 7.81. The van der Waals surface area contributed by atoms with Crippen LogP contribution >= 0.6 is 0 Å². The number of ether oxygens (including phenoxy) is 2. The van der Waals surface area contributed by atoms with E-state index < -0.39 is 0 Å². The van der Waals surface area contributed by atoms with E-state index in [-0.39, 0.29) is 11.9 Å². The maximum absolute atomic E-state index is 12.9. The third kappa shape index (κ3) is 6.71. The molecule has 3 amide bonds. The summed E-state index contributed by atoms with van der Waals surface area (Å²) >= 11 is 0. The van der Waals surface area contributed by atoms with E-state index >= 15 is 0 Å². The van der Waals surface area contributed by atoms with E-state index in [1.54, 1.807) is 6.20 Å². The molecule has 3 N–H and O–H groups in total. The fourth-order valence-electron chi connectivity index (χ4n) is 5.18. The fraction of sp³-hybridized carbons (Fsp3) is 0.323. The van der Waals surface area contributed by atoms with E-state index in [1.165, 1.54) is 0 Å². The number of nitrogens with one attached hydrogen (secondary N) is 3. The van der Waals surface area contributed by atoms with Crippen LogP contribution in [0.3, 0.4) is 0 Å². The van der Waals surface area contributed by atoms with E-state index in [2.05, 4.69) is 30.8 Å². The molecule has 0 aliphatic carbocycles. The van der Waals surface area contributed by atoms with Crippen LogP contribution < -0.4 is 20.9 Å². The Bertz CT molecular complexity index is 1510. The topological polar surface area (TPSA) is 113 Å². The maximum atomic E-state index is 12.9. The molecule has 218 valence electrons. The number of aromatic nitrogens is 2. The molecule has 0 radical (unpaired) electrons. The first-order chi connectivity index (χ1) is 20.6. The lowest BCUT2D eigenvalue weighted by Crippen LogP contribution is -2.42. The van der Waals surface area contributed by atoms with Crippen LogP contribution in [0.1, 0.15) is 10.4 Å². The fourth-order valence-corrected chi connectivity index (χ4v) is 5.18. The number of carbonyl (C=O) groups is 2. The van der Waals surface area contributed by atoms with Crippen LogP contribution in [-0.2, 0) is 9.47 Å². The number of rotatable bonds is 8. The number of amides is 3. The van der Waals surface area contributed by atoms with Crippen LogP contribution in [0.5, 0.6) is 0 Å². The Balaban J connectivity index is 1.04. The molecular formula is C31H35N7O4. The van der Waals surface area contributed by atoms with Crippen molar-refractivity contribution in [2.45, 2.75) is 0 Å². The molecule has 2 aliphatic heterocycles. The summed E-state index contributed by atoms with van der Waals surface area (Å²) in [7, 11) is 0. The normalized spacial score (nSPS) is 15.9. The molecule has 3 aromatic carbocycles. The minimum Gasteiger partial charge on any atom is -0.379 e. The molecule has 0 saturated carbocycles. The van der Waals surface area contributed by atoms with Crippen molar-refractivity contribution in [3.63, 3.8) is 0 Å². The van der Waals surface area contributed by atoms with Gasteiger partial charge in [-0.15, -0.1) is 0 Å². The Hall–Kier alpha value is -4.45. The lowest BCUT2D eigenvalue weighted by molar-refractivity contribution is 0.0388. The molecule has 11 heteroatoms. The number of urea groups is 1. The maximum Gasteiger partial charge on any atom is 0.319 e. The van der Waals surface area contributed by atoms with Crippen LogP contribution in [0.4, 0.5) is 21.9 Å². The zero-order valence-corrected chi connectivity index (χ0v) is 23.4. The highest BCUT2D eigenvalue weighted by molar-refractivity contribution is 6.05. The Morgan fingerprint density at radius 1 is 0.762 bits per heavy atom. The third-order valence-corrected chi connectivity index (χ3v) is 7.52. The zero-order valence-electron chi connectivity index (χ0n) is 23.4. The van der Waals surface area contributed by atoms with Crippen molar-refractivity contribution in [2.24, 2.45) is 0 Å². The molecule has 6 rings (SSSR count). The Morgan fingerprint density at radius 3 is 2.17 bits per heavy atom. The average molecular weight is 570 g/mol. The number of hydrogen-bond donors (Lipinski definition) is 3. The average Bonchev–Trinajstić information content (AvgIpc) is 3.46. The van der Waals surface area contributed by atoms with Crippen molar-refractivity contribution in [3.05, 3.63) is 78.5 Å². The standard InChI is InChI=1S/C31H35N7O4/c39-30(23-1-6-27(7-2-23)37-15-19-42-20-16-37)34-26-5-10-29-24(21-26)22-33-38(29)28-8-3-25(4-9-28)35-31(40)32-11-12-36-13-17-41-18-14-36/h1-10,21-22H,11-20H2,(H,34,39)(H2,32,35,40). The molecule has 0 bridgehead atoms. The summed E-state index contributed by atoms with van der Waals surface area (Å²) < 4.78 is 12.6. The molecule has 2 saturated heterocycles. The van der Waals surface area contributed by atoms with E-state index in [9.17, 15) is 9.59 Å². The minimum absolute atomic E-state index is 0.163. The van der Waals surface area contributed by atoms with Gasteiger partial charge in [-0.3, -0.25) is 9.69 Å². The first-order valence-electron chi connectivity index (χ1n) is 14.3. The van der Waals surface area contributed by atoms with Gasteiger partial charge in [0.05, 0.1) is 43.8 Å². The molecule has 0 unspecified atom stereocenters. The quantitative estimate of drug-likeness (QED) is 0.297. The van der Waals surface area contributed by atoms with Crippen molar-refractivity contribution in [2.75, 3.05) is 81.2 Å². The number of benzene rings is 3. The summed E-state index contributed by atoms with van der Waals surface area (Å²) in [5.74, 6) is -0.163. The molecule has 2 fully saturated rings. The Kier molecular flexibility index (Phi) is 8.59. The van der Waals surface area contributed by atoms with Crippen LogP contribution in [0.2, 0.25) is 0 Å². The summed E-state index contributed by atoms with van der Waals surface area (Å²) in [6, 6.07) is 20.7. The molecule has 42 heavy (non-hydrogen) atoms. The predicted molar refractivity (Wildman–Crippen MR) is 163 cm³/mol. The summed E-state index contributed by atoms with van der Waals surface area (Å²) in [5.41, 5.74) is 4.85. The van der Waals surface area contributed by atoms with Crippen molar-refractivity contribution < 1.29 is 19.1 Å². The predicted octanol–water partition coefficient (Wildman–Crippen LogP) is 3.57. The van der Waals surface area contributed by atoms with Gasteiger partial charge in [0.1, 0.15) is 0 Å². The largest absolute Gasteiger partial charge is 0.379 e. The monoisotopic (exact) mass is 569 g/mol. The summed E-state index contributed by atoms with van der Waals surface area (Å²) in [5, 5.41) is 14.2. The molecule has 2 aliphatic rings. The van der Waals surface area contributed by atoms with Gasteiger partial charge >= 0.3 is 6.03 Å². The molecule has 0 atom stereocenters. The summed E-state index contributed by atoms with van der Waals surface area (Å²) in [6.07, 6.45) is 1.77. The first-order valence-corrected chi connectivity index (χ1v) is 14.3. The summed E-state index contributed by atoms with van der Waals surface area (Å²) in [4.78, 5) is 29.7. The van der Waals surface area contributed by atoms with Crippen LogP contribution in [0.15, 0.2) is 72.9 Å². The number of hydrogen-bond acceptors (Lipinski definition) is 7. The van der Waals surface area contributed by atoms with Gasteiger partial charge in [0, 0.05) is 67.3 Å². The van der Waals surface area contributed by atoms with E-state index in [0.29, 0.717) is 23.5 Å². The van der Waals surface area contributed by atoms with Crippen molar-refractivity contribution in [3.8, 4) is 5.69 Å². The smallest absolute Gasteiger partial charge is 0.319 e. The van der Waals surface area contributed by atoms with Gasteiger partial charge in [-0.1, -0.05) is 0 Å². The number of fused-ring (bicyclic) bond motifs is 1. The number of anilines is 3. The lowest BCUT2D eigenvalue weighted by atomic mass is 10.1. The highest BCUT2D eigenvalue weighted by Gasteiger charge is 2.14. The van der Waals surface area contributed by atoms with Crippen molar-refractivity contribution in [1.82, 2.24) is 20.0 Å². The SMILES string of the molecule is O=C(NCCN1CCOCC1)Nc1ccc(-n2ncc3cc(NC(=O)c4ccc(N5CCOCC5)cc4)ccc32)cc1. The zero-order chi connectivity index (χ0) is 28.7. The van der Waals surface area contributed by atoms with Gasteiger partial charge in [-0.25, -0.2) is 9.48 Å². The van der Waals surface area contributed by atoms with Crippen LogP contribution in [0.25, 0.3) is 16.6 Å². The van der Waals surface area contributed by atoms with Gasteiger partial charge in [-0.05, 0) is 66.7 Å². The second-order valence-corrected chi connectivity index (χ2v) is 10.3. The highest BCUT2D eigenvalue weighted by Crippen LogP contribution is 2.24. The van der Waals surface area contributed by atoms with Crippen molar-refractivity contribution >= 4 is 39.9 Å². The second kappa shape index (κ2) is 13.0. The van der Waals surface area contributed by atoms with E-state index in [0.717, 1.165) is 81.4 Å². The van der Waals surface area contributed by atoms with E-state index in [1.807, 2.05) is 71.4 Å². The lowest BCUT2D eigenvalue weighted by Gasteiger charge is -2.28. The number of nitrogens with zero attached hydrogens (tertiary/aromatic N) is 4. The van der Waals surface area contributed by atoms with Crippen LogP contribution in [0, 0.1) is 0 Å². The highest BCUT2D eigenvalue weighted by atomic mass is 16.5. The number of carbonyl (C=O) groups excluding carboxylic acids is 2. The van der Waals surface area contributed by atoms with Gasteiger partial charge < -0.3 is 30.3 Å². The van der Waals surface area contributed by atoms with Gasteiger partial charge in [0.25, 0.3) is 5.91 Å². The molecular weight excluding hydrogens is 534 g/mol. The minimum atomic E-state index is -0.233. The molecule has 11 nitrogen and oxygen atoms in total. The van der Waals surface area contributed by atoms with Gasteiger partial charge in [0.2, 0.25) is 0 Å². The second-order valence-electron chi connectivity index (χ2n) is 10.3. The third-order valence-electron chi connectivity index (χ3n) is 7.52. The Morgan fingerprint density at radius 2 is 1.43 bits per heavy atom. The first kappa shape index (κ1) is 27.7. The molecule has 0 spiro atoms. The van der Waals surface area contributed by atoms with Gasteiger partial charge in [0.15, 0.2) is 0 Å². The van der Waals surface area contributed by atoms with Crippen LogP contribution in [-0.4, -0.2) is 92.3 Å².